The van der Waals surface area contributed by atoms with Crippen LogP contribution < -0.4 is 10.1 Å². The highest BCUT2D eigenvalue weighted by Gasteiger charge is 2.52. The first-order valence-electron chi connectivity index (χ1n) is 7.90. The zero-order valence-corrected chi connectivity index (χ0v) is 14.9. The molecule has 0 bridgehead atoms. The Morgan fingerprint density at radius 3 is 2.56 bits per heavy atom. The van der Waals surface area contributed by atoms with Gasteiger partial charge in [0.05, 0.1) is 5.69 Å². The average molecular weight is 395 g/mol. The first kappa shape index (κ1) is 15.8. The fourth-order valence-electron chi connectivity index (χ4n) is 3.05. The summed E-state index contributed by atoms with van der Waals surface area (Å²) >= 11 is 3.48. The molecule has 1 unspecified atom stereocenters. The topological polar surface area (TPSA) is 51.2 Å². The van der Waals surface area contributed by atoms with E-state index in [1.807, 2.05) is 66.7 Å². The third-order valence-corrected chi connectivity index (χ3v) is 4.87. The van der Waals surface area contributed by atoms with Crippen LogP contribution in [0.5, 0.6) is 5.75 Å². The fourth-order valence-corrected chi connectivity index (χ4v) is 3.40. The van der Waals surface area contributed by atoms with Gasteiger partial charge in [-0.3, -0.25) is 9.78 Å². The van der Waals surface area contributed by atoms with Gasteiger partial charge in [-0.15, -0.1) is 0 Å². The van der Waals surface area contributed by atoms with Crippen LogP contribution in [0.1, 0.15) is 16.8 Å². The van der Waals surface area contributed by atoms with Gasteiger partial charge in [0.15, 0.2) is 0 Å². The molecule has 25 heavy (non-hydrogen) atoms. The molecule has 0 saturated heterocycles. The second kappa shape index (κ2) is 6.33. The monoisotopic (exact) mass is 394 g/mol. The van der Waals surface area contributed by atoms with E-state index in [1.165, 1.54) is 0 Å². The molecule has 1 atom stereocenters. The fraction of sp³-hybridized carbons (Fsp3) is 0.100. The molecule has 1 aromatic heterocycles. The van der Waals surface area contributed by atoms with Crippen LogP contribution in [0.3, 0.4) is 0 Å². The highest BCUT2D eigenvalue weighted by Crippen LogP contribution is 2.44. The molecule has 0 spiro atoms. The molecule has 1 N–H and O–H groups in total. The third kappa shape index (κ3) is 2.61. The molecule has 0 radical (unpaired) electrons. The van der Waals surface area contributed by atoms with Crippen LogP contribution in [0.2, 0.25) is 0 Å². The van der Waals surface area contributed by atoms with Gasteiger partial charge in [0.2, 0.25) is 0 Å². The number of benzene rings is 2. The van der Waals surface area contributed by atoms with Crippen molar-refractivity contribution in [1.82, 2.24) is 4.98 Å². The number of para-hydroxylation sites is 1. The van der Waals surface area contributed by atoms with E-state index in [9.17, 15) is 4.79 Å². The number of fused-ring (bicyclic) bond motifs is 1. The van der Waals surface area contributed by atoms with Crippen LogP contribution in [-0.2, 0) is 15.7 Å². The highest BCUT2D eigenvalue weighted by molar-refractivity contribution is 9.08. The predicted molar refractivity (Wildman–Crippen MR) is 99.8 cm³/mol. The Morgan fingerprint density at radius 1 is 1.04 bits per heavy atom. The Kier molecular flexibility index (Phi) is 4.01. The Balaban J connectivity index is 1.95. The standard InChI is InChI=1S/C20H15BrN2O2/c21-13-14-9-10-17-16(12-14)20(19(24)23-17,18-8-4-5-11-22-18)25-15-6-2-1-3-7-15/h1-12H,13H2,(H,23,24). The van der Waals surface area contributed by atoms with Crippen molar-refractivity contribution in [3.8, 4) is 5.75 Å². The number of amides is 1. The number of hydrogen-bond donors (Lipinski definition) is 1. The summed E-state index contributed by atoms with van der Waals surface area (Å²) in [6.07, 6.45) is 1.67. The molecule has 3 aromatic rings. The minimum atomic E-state index is -1.31. The summed E-state index contributed by atoms with van der Waals surface area (Å²) in [5, 5.41) is 3.63. The number of alkyl halides is 1. The van der Waals surface area contributed by atoms with Crippen LogP contribution in [-0.4, -0.2) is 10.9 Å². The molecular formula is C20H15BrN2O2. The van der Waals surface area contributed by atoms with E-state index < -0.39 is 5.60 Å². The number of rotatable bonds is 4. The minimum Gasteiger partial charge on any atom is -0.466 e. The van der Waals surface area contributed by atoms with Crippen LogP contribution in [0.25, 0.3) is 0 Å². The van der Waals surface area contributed by atoms with Gasteiger partial charge >= 0.3 is 0 Å². The van der Waals surface area contributed by atoms with Gasteiger partial charge < -0.3 is 10.1 Å². The van der Waals surface area contributed by atoms with E-state index in [4.69, 9.17) is 4.74 Å². The zero-order chi connectivity index (χ0) is 17.3. The number of ether oxygens (including phenoxy) is 1. The maximum atomic E-state index is 13.1. The van der Waals surface area contributed by atoms with Gasteiger partial charge in [0.25, 0.3) is 11.5 Å². The Labute approximate surface area is 154 Å². The summed E-state index contributed by atoms with van der Waals surface area (Å²) in [6, 6.07) is 20.7. The number of carbonyl (C=O) groups is 1. The van der Waals surface area contributed by atoms with E-state index in [0.29, 0.717) is 16.8 Å². The number of anilines is 1. The molecule has 1 aliphatic rings. The van der Waals surface area contributed by atoms with E-state index >= 15 is 0 Å². The Hall–Kier alpha value is -2.66. The largest absolute Gasteiger partial charge is 0.466 e. The molecule has 5 heteroatoms. The number of hydrogen-bond acceptors (Lipinski definition) is 3. The molecule has 4 rings (SSSR count). The number of nitrogens with one attached hydrogen (secondary N) is 1. The lowest BCUT2D eigenvalue weighted by Gasteiger charge is -2.28. The van der Waals surface area contributed by atoms with Gasteiger partial charge in [0, 0.05) is 22.8 Å². The molecule has 0 fully saturated rings. The average Bonchev–Trinajstić information content (AvgIpc) is 2.95. The number of halogens is 1. The number of carbonyl (C=O) groups excluding carboxylic acids is 1. The Bertz CT molecular complexity index is 915. The first-order chi connectivity index (χ1) is 12.2. The summed E-state index contributed by atoms with van der Waals surface area (Å²) in [7, 11) is 0. The van der Waals surface area contributed by atoms with Crippen molar-refractivity contribution >= 4 is 27.5 Å². The van der Waals surface area contributed by atoms with Gasteiger partial charge in [-0.1, -0.05) is 46.3 Å². The quantitative estimate of drug-likeness (QED) is 0.672. The smallest absolute Gasteiger partial charge is 0.279 e. The second-order valence-corrected chi connectivity index (χ2v) is 6.34. The Morgan fingerprint density at radius 2 is 1.84 bits per heavy atom. The summed E-state index contributed by atoms with van der Waals surface area (Å²) in [6.45, 7) is 0. The summed E-state index contributed by atoms with van der Waals surface area (Å²) in [5.41, 5.74) is 1.83. The molecule has 2 heterocycles. The van der Waals surface area contributed by atoms with Gasteiger partial charge in [-0.2, -0.15) is 0 Å². The van der Waals surface area contributed by atoms with Gasteiger partial charge in [-0.25, -0.2) is 0 Å². The van der Waals surface area contributed by atoms with Crippen molar-refractivity contribution in [2.24, 2.45) is 0 Å². The summed E-state index contributed by atoms with van der Waals surface area (Å²) in [4.78, 5) is 17.5. The van der Waals surface area contributed by atoms with Crippen LogP contribution in [0.15, 0.2) is 72.9 Å². The van der Waals surface area contributed by atoms with Crippen molar-refractivity contribution in [2.45, 2.75) is 10.9 Å². The van der Waals surface area contributed by atoms with Crippen molar-refractivity contribution < 1.29 is 9.53 Å². The lowest BCUT2D eigenvalue weighted by atomic mass is 9.89. The molecule has 4 nitrogen and oxygen atoms in total. The SMILES string of the molecule is O=C1Nc2ccc(CBr)cc2C1(Oc1ccccc1)c1ccccn1. The van der Waals surface area contributed by atoms with Crippen LogP contribution in [0, 0.1) is 0 Å². The molecule has 124 valence electrons. The van der Waals surface area contributed by atoms with Crippen molar-refractivity contribution in [1.29, 1.82) is 0 Å². The van der Waals surface area contributed by atoms with Crippen LogP contribution >= 0.6 is 15.9 Å². The third-order valence-electron chi connectivity index (χ3n) is 4.23. The van der Waals surface area contributed by atoms with E-state index in [-0.39, 0.29) is 5.91 Å². The first-order valence-corrected chi connectivity index (χ1v) is 9.02. The van der Waals surface area contributed by atoms with E-state index in [2.05, 4.69) is 26.2 Å². The molecule has 1 aliphatic heterocycles. The molecular weight excluding hydrogens is 380 g/mol. The number of nitrogens with zero attached hydrogens (tertiary/aromatic N) is 1. The van der Waals surface area contributed by atoms with E-state index in [0.717, 1.165) is 16.8 Å². The normalized spacial score (nSPS) is 18.5. The molecule has 0 saturated carbocycles. The van der Waals surface area contributed by atoms with Crippen LogP contribution in [0.4, 0.5) is 5.69 Å². The lowest BCUT2D eigenvalue weighted by molar-refractivity contribution is -0.127. The molecule has 2 aromatic carbocycles. The van der Waals surface area contributed by atoms with Crippen molar-refractivity contribution in [2.75, 3.05) is 5.32 Å². The van der Waals surface area contributed by atoms with Crippen molar-refractivity contribution in [3.63, 3.8) is 0 Å². The predicted octanol–water partition coefficient (Wildman–Crippen LogP) is 4.25. The van der Waals surface area contributed by atoms with Crippen molar-refractivity contribution in [3.05, 3.63) is 89.7 Å². The maximum absolute atomic E-state index is 13.1. The second-order valence-electron chi connectivity index (χ2n) is 5.78. The van der Waals surface area contributed by atoms with Gasteiger partial charge in [-0.05, 0) is 42.0 Å². The lowest BCUT2D eigenvalue weighted by Crippen LogP contribution is -2.42. The number of pyridine rings is 1. The maximum Gasteiger partial charge on any atom is 0.279 e. The summed E-state index contributed by atoms with van der Waals surface area (Å²) in [5.74, 6) is 0.372. The van der Waals surface area contributed by atoms with Gasteiger partial charge in [0.1, 0.15) is 5.75 Å². The molecule has 0 aliphatic carbocycles. The molecule has 1 amide bonds. The summed E-state index contributed by atoms with van der Waals surface area (Å²) < 4.78 is 6.30. The minimum absolute atomic E-state index is 0.239. The van der Waals surface area contributed by atoms with E-state index in [1.54, 1.807) is 6.20 Å². The number of aromatic nitrogens is 1. The highest BCUT2D eigenvalue weighted by atomic mass is 79.9. The zero-order valence-electron chi connectivity index (χ0n) is 13.3.